The summed E-state index contributed by atoms with van der Waals surface area (Å²) in [6.07, 6.45) is 4.46. The first-order chi connectivity index (χ1) is 11.5. The van der Waals surface area contributed by atoms with Gasteiger partial charge in [-0.1, -0.05) is 41.6 Å². The van der Waals surface area contributed by atoms with E-state index in [1.54, 1.807) is 11.2 Å². The van der Waals surface area contributed by atoms with Gasteiger partial charge in [-0.2, -0.15) is 4.31 Å². The molecule has 0 spiro atoms. The lowest BCUT2D eigenvalue weighted by Gasteiger charge is -2.32. The van der Waals surface area contributed by atoms with E-state index in [4.69, 9.17) is 10.3 Å². The largest absolute Gasteiger partial charge is 0.380 e. The highest BCUT2D eigenvalue weighted by Gasteiger charge is 2.46. The van der Waals surface area contributed by atoms with E-state index in [-0.39, 0.29) is 28.6 Å². The third-order valence-corrected chi connectivity index (χ3v) is 6.98. The number of fused-ring (bicyclic) bond motifs is 2. The summed E-state index contributed by atoms with van der Waals surface area (Å²) in [6, 6.07) is 9.93. The van der Waals surface area contributed by atoms with Crippen molar-refractivity contribution in [3.63, 3.8) is 0 Å². The van der Waals surface area contributed by atoms with E-state index < -0.39 is 10.0 Å². The Morgan fingerprint density at radius 3 is 2.62 bits per heavy atom. The normalized spacial score (nSPS) is 24.1. The zero-order valence-electron chi connectivity index (χ0n) is 13.3. The molecule has 0 saturated carbocycles. The second-order valence-corrected chi connectivity index (χ2v) is 8.13. The molecule has 4 rings (SSSR count). The number of anilines is 1. The molecule has 2 aliphatic rings. The fourth-order valence-electron chi connectivity index (χ4n) is 3.83. The Hall–Kier alpha value is -2.12. The number of rotatable bonds is 3. The quantitative estimate of drug-likeness (QED) is 0.923. The molecule has 1 saturated heterocycles. The Bertz CT molecular complexity index is 883. The molecule has 2 atom stereocenters. The molecule has 2 unspecified atom stereocenters. The van der Waals surface area contributed by atoms with Crippen LogP contribution >= 0.6 is 0 Å². The number of nitrogen functional groups attached to an aromatic ring is 1. The van der Waals surface area contributed by atoms with Gasteiger partial charge in [0.05, 0.1) is 0 Å². The maximum absolute atomic E-state index is 13.1. The average molecular weight is 345 g/mol. The molecule has 0 radical (unpaired) electrons. The van der Waals surface area contributed by atoms with Crippen LogP contribution in [0.15, 0.2) is 45.8 Å². The van der Waals surface area contributed by atoms with Crippen molar-refractivity contribution in [3.05, 3.63) is 47.7 Å². The molecule has 2 aliphatic heterocycles. The van der Waals surface area contributed by atoms with Crippen LogP contribution in [0, 0.1) is 6.92 Å². The smallest absolute Gasteiger partial charge is 0.251 e. The number of nitrogens with zero attached hydrogens (tertiary/aromatic N) is 2. The van der Waals surface area contributed by atoms with Crippen molar-refractivity contribution in [2.45, 2.75) is 43.2 Å². The third-order valence-electron chi connectivity index (χ3n) is 4.84. The minimum absolute atomic E-state index is 0.0101. The van der Waals surface area contributed by atoms with E-state index in [0.717, 1.165) is 18.4 Å². The first-order valence-electron chi connectivity index (χ1n) is 8.00. The van der Waals surface area contributed by atoms with Crippen molar-refractivity contribution in [1.29, 1.82) is 0 Å². The lowest BCUT2D eigenvalue weighted by Crippen LogP contribution is -2.43. The van der Waals surface area contributed by atoms with Gasteiger partial charge in [0.2, 0.25) is 0 Å². The molecule has 2 aromatic rings. The van der Waals surface area contributed by atoms with Gasteiger partial charge in [0.1, 0.15) is 0 Å². The Balaban J connectivity index is 1.73. The maximum Gasteiger partial charge on any atom is 0.251 e. The molecule has 24 heavy (non-hydrogen) atoms. The standard InChI is InChI=1S/C17H19N3O3S/c1-11-16(17(18)19-23-11)24(21,22)20-14-7-8-15(20)10-13(9-14)12-5-3-2-4-6-12/h2-6,9,14-15H,7-8,10H2,1H3,(H2,18,19). The van der Waals surface area contributed by atoms with Crippen molar-refractivity contribution in [2.75, 3.05) is 5.73 Å². The highest BCUT2D eigenvalue weighted by molar-refractivity contribution is 7.89. The molecular weight excluding hydrogens is 326 g/mol. The van der Waals surface area contributed by atoms with Crippen LogP contribution < -0.4 is 5.73 Å². The first kappa shape index (κ1) is 15.4. The molecule has 1 aromatic carbocycles. The molecule has 7 heteroatoms. The Morgan fingerprint density at radius 1 is 1.25 bits per heavy atom. The van der Waals surface area contributed by atoms with Crippen LogP contribution in [0.3, 0.4) is 0 Å². The number of hydrogen-bond donors (Lipinski definition) is 1. The van der Waals surface area contributed by atoms with Gasteiger partial charge in [0.25, 0.3) is 10.0 Å². The second-order valence-electron chi connectivity index (χ2n) is 6.35. The van der Waals surface area contributed by atoms with Gasteiger partial charge in [0, 0.05) is 12.1 Å². The van der Waals surface area contributed by atoms with Crippen LogP contribution in [-0.4, -0.2) is 30.0 Å². The summed E-state index contributed by atoms with van der Waals surface area (Å²) < 4.78 is 32.8. The topological polar surface area (TPSA) is 89.4 Å². The van der Waals surface area contributed by atoms with E-state index in [1.807, 2.05) is 18.2 Å². The number of benzene rings is 1. The van der Waals surface area contributed by atoms with E-state index in [1.165, 1.54) is 5.57 Å². The lowest BCUT2D eigenvalue weighted by atomic mass is 9.96. The highest BCUT2D eigenvalue weighted by Crippen LogP contribution is 2.42. The van der Waals surface area contributed by atoms with Crippen LogP contribution in [-0.2, 0) is 10.0 Å². The molecule has 1 aromatic heterocycles. The molecule has 1 fully saturated rings. The molecule has 3 heterocycles. The van der Waals surface area contributed by atoms with Gasteiger partial charge in [-0.05, 0) is 37.3 Å². The van der Waals surface area contributed by atoms with E-state index >= 15 is 0 Å². The van der Waals surface area contributed by atoms with Gasteiger partial charge in [-0.3, -0.25) is 0 Å². The van der Waals surface area contributed by atoms with Crippen LogP contribution in [0.1, 0.15) is 30.6 Å². The van der Waals surface area contributed by atoms with Crippen molar-refractivity contribution >= 4 is 21.4 Å². The average Bonchev–Trinajstić information content (AvgIpc) is 3.05. The van der Waals surface area contributed by atoms with Crippen molar-refractivity contribution in [2.24, 2.45) is 0 Å². The molecular formula is C17H19N3O3S. The molecule has 2 N–H and O–H groups in total. The fourth-order valence-corrected chi connectivity index (χ4v) is 5.84. The molecule has 2 bridgehead atoms. The lowest BCUT2D eigenvalue weighted by molar-refractivity contribution is 0.344. The predicted molar refractivity (Wildman–Crippen MR) is 90.5 cm³/mol. The molecule has 0 aliphatic carbocycles. The summed E-state index contributed by atoms with van der Waals surface area (Å²) in [4.78, 5) is 0.0101. The van der Waals surface area contributed by atoms with Crippen LogP contribution in [0.2, 0.25) is 0 Å². The van der Waals surface area contributed by atoms with Gasteiger partial charge in [-0.15, -0.1) is 0 Å². The predicted octanol–water partition coefficient (Wildman–Crippen LogP) is 2.57. The van der Waals surface area contributed by atoms with Crippen molar-refractivity contribution in [3.8, 4) is 0 Å². The summed E-state index contributed by atoms with van der Waals surface area (Å²) in [7, 11) is -3.71. The monoisotopic (exact) mass is 345 g/mol. The Morgan fingerprint density at radius 2 is 2.00 bits per heavy atom. The maximum atomic E-state index is 13.1. The minimum Gasteiger partial charge on any atom is -0.380 e. The van der Waals surface area contributed by atoms with Gasteiger partial charge in [-0.25, -0.2) is 8.42 Å². The molecule has 126 valence electrons. The van der Waals surface area contributed by atoms with Crippen LogP contribution in [0.4, 0.5) is 5.82 Å². The van der Waals surface area contributed by atoms with Crippen molar-refractivity contribution in [1.82, 2.24) is 9.46 Å². The summed E-state index contributed by atoms with van der Waals surface area (Å²) in [5.74, 6) is 0.175. The van der Waals surface area contributed by atoms with Gasteiger partial charge < -0.3 is 10.3 Å². The summed E-state index contributed by atoms with van der Waals surface area (Å²) >= 11 is 0. The van der Waals surface area contributed by atoms with Gasteiger partial charge >= 0.3 is 0 Å². The number of aryl methyl sites for hydroxylation is 1. The number of aromatic nitrogens is 1. The summed E-state index contributed by atoms with van der Waals surface area (Å²) in [5.41, 5.74) is 8.11. The van der Waals surface area contributed by atoms with Crippen molar-refractivity contribution < 1.29 is 12.9 Å². The second kappa shape index (κ2) is 5.46. The van der Waals surface area contributed by atoms with Crippen LogP contribution in [0.5, 0.6) is 0 Å². The highest BCUT2D eigenvalue weighted by atomic mass is 32.2. The molecule has 6 nitrogen and oxygen atoms in total. The van der Waals surface area contributed by atoms with Crippen LogP contribution in [0.25, 0.3) is 5.57 Å². The molecule has 0 amide bonds. The Kier molecular flexibility index (Phi) is 3.51. The number of nitrogens with two attached hydrogens (primary N) is 1. The number of sulfonamides is 1. The van der Waals surface area contributed by atoms with Gasteiger partial charge in [0.15, 0.2) is 16.5 Å². The fraction of sp³-hybridized carbons (Fsp3) is 0.353. The Labute approximate surface area is 141 Å². The first-order valence-corrected chi connectivity index (χ1v) is 9.44. The minimum atomic E-state index is -3.71. The van der Waals surface area contributed by atoms with E-state index in [9.17, 15) is 8.42 Å². The SMILES string of the molecule is Cc1onc(N)c1S(=O)(=O)N1C2C=C(c3ccccc3)CC1CC2. The zero-order valence-corrected chi connectivity index (χ0v) is 14.2. The van der Waals surface area contributed by atoms with E-state index in [2.05, 4.69) is 23.4 Å². The number of hydrogen-bond acceptors (Lipinski definition) is 5. The zero-order chi connectivity index (χ0) is 16.9. The summed E-state index contributed by atoms with van der Waals surface area (Å²) in [5, 5.41) is 3.59. The summed E-state index contributed by atoms with van der Waals surface area (Å²) in [6.45, 7) is 1.58. The van der Waals surface area contributed by atoms with E-state index in [0.29, 0.717) is 6.42 Å². The third kappa shape index (κ3) is 2.27.